The fourth-order valence-electron chi connectivity index (χ4n) is 4.74. The Morgan fingerprint density at radius 1 is 0.367 bits per heavy atom. The van der Waals surface area contributed by atoms with Crippen LogP contribution in [0.3, 0.4) is 0 Å². The lowest BCUT2D eigenvalue weighted by molar-refractivity contribution is 0.378. The quantitative estimate of drug-likeness (QED) is 0.102. The molecule has 0 aliphatic carbocycles. The van der Waals surface area contributed by atoms with Gasteiger partial charge >= 0.3 is 0 Å². The van der Waals surface area contributed by atoms with E-state index in [1.165, 1.54) is 154 Å². The highest BCUT2D eigenvalue weighted by atomic mass is 14.1. The molecule has 0 spiro atoms. The molecule has 1 unspecified atom stereocenters. The van der Waals surface area contributed by atoms with Crippen LogP contribution in [0.5, 0.6) is 0 Å². The van der Waals surface area contributed by atoms with E-state index < -0.39 is 0 Å². The van der Waals surface area contributed by atoms with Gasteiger partial charge in [0.05, 0.1) is 0 Å². The van der Waals surface area contributed by atoms with E-state index in [9.17, 15) is 0 Å². The van der Waals surface area contributed by atoms with E-state index in [-0.39, 0.29) is 0 Å². The van der Waals surface area contributed by atoms with Crippen LogP contribution < -0.4 is 0 Å². The maximum atomic E-state index is 2.44. The summed E-state index contributed by atoms with van der Waals surface area (Å²) in [7, 11) is 0. The molecule has 0 aromatic carbocycles. The molecular weight excluding hydrogens is 360 g/mol. The second-order valence-corrected chi connectivity index (χ2v) is 9.94. The third-order valence-electron chi connectivity index (χ3n) is 6.79. The summed E-state index contributed by atoms with van der Waals surface area (Å²) in [6.45, 7) is 6.96. The van der Waals surface area contributed by atoms with E-state index in [1.54, 1.807) is 0 Å². The van der Waals surface area contributed by atoms with Gasteiger partial charge < -0.3 is 0 Å². The molecule has 1 atom stereocenters. The molecule has 0 heterocycles. The van der Waals surface area contributed by atoms with E-state index >= 15 is 0 Å². The van der Waals surface area contributed by atoms with Gasteiger partial charge in [-0.05, 0) is 31.6 Å². The van der Waals surface area contributed by atoms with Crippen molar-refractivity contribution in [3.05, 3.63) is 12.2 Å². The predicted molar refractivity (Wildman–Crippen MR) is 140 cm³/mol. The number of allylic oxidation sites excluding steroid dienone is 2. The Labute approximate surface area is 193 Å². The van der Waals surface area contributed by atoms with Crippen LogP contribution in [-0.4, -0.2) is 0 Å². The van der Waals surface area contributed by atoms with E-state index in [2.05, 4.69) is 32.9 Å². The second kappa shape index (κ2) is 26.8. The van der Waals surface area contributed by atoms with Crippen molar-refractivity contribution in [3.63, 3.8) is 0 Å². The zero-order chi connectivity index (χ0) is 22.0. The number of hydrogen-bond acceptors (Lipinski definition) is 0. The smallest absolute Gasteiger partial charge is 0.0351 e. The van der Waals surface area contributed by atoms with Gasteiger partial charge in [-0.1, -0.05) is 161 Å². The lowest BCUT2D eigenvalue weighted by Gasteiger charge is -2.16. The number of hydrogen-bond donors (Lipinski definition) is 0. The molecule has 0 saturated heterocycles. The SMILES string of the molecule is CCCCC/C=C/CCCCCC(CCC)CCCCCCCCCCCCCC. The second-order valence-electron chi connectivity index (χ2n) is 9.94. The molecule has 0 aliphatic heterocycles. The molecule has 0 aliphatic rings. The Morgan fingerprint density at radius 3 is 1.20 bits per heavy atom. The maximum absolute atomic E-state index is 2.44. The standard InChI is InChI=1S/C30H60/c1-4-7-9-11-13-15-17-18-20-22-24-26-29-30(27-6-3)28-25-23-21-19-16-14-12-10-8-5-2/h14,16,30H,4-13,15,17-29H2,1-3H3/b16-14+. The van der Waals surface area contributed by atoms with Crippen molar-refractivity contribution in [1.29, 1.82) is 0 Å². The van der Waals surface area contributed by atoms with E-state index in [4.69, 9.17) is 0 Å². The highest BCUT2D eigenvalue weighted by molar-refractivity contribution is 4.81. The highest BCUT2D eigenvalue weighted by Gasteiger charge is 2.07. The Bertz CT molecular complexity index is 316. The number of rotatable bonds is 25. The van der Waals surface area contributed by atoms with Gasteiger partial charge in [0.25, 0.3) is 0 Å². The molecule has 0 amide bonds. The van der Waals surface area contributed by atoms with Gasteiger partial charge in [-0.25, -0.2) is 0 Å². The monoisotopic (exact) mass is 420 g/mol. The molecule has 0 aromatic rings. The van der Waals surface area contributed by atoms with Gasteiger partial charge in [-0.3, -0.25) is 0 Å². The molecule has 0 radical (unpaired) electrons. The Kier molecular flexibility index (Phi) is 26.5. The van der Waals surface area contributed by atoms with Crippen LogP contribution in [0.1, 0.15) is 175 Å². The first-order valence-electron chi connectivity index (χ1n) is 14.5. The molecule has 30 heavy (non-hydrogen) atoms. The van der Waals surface area contributed by atoms with Crippen molar-refractivity contribution in [2.24, 2.45) is 5.92 Å². The van der Waals surface area contributed by atoms with Gasteiger partial charge in [0.15, 0.2) is 0 Å². The van der Waals surface area contributed by atoms with E-state index in [0.717, 1.165) is 5.92 Å². The van der Waals surface area contributed by atoms with Gasteiger partial charge in [-0.15, -0.1) is 0 Å². The van der Waals surface area contributed by atoms with Crippen LogP contribution in [0.2, 0.25) is 0 Å². The van der Waals surface area contributed by atoms with Gasteiger partial charge in [-0.2, -0.15) is 0 Å². The van der Waals surface area contributed by atoms with Crippen LogP contribution in [0, 0.1) is 5.92 Å². The Balaban J connectivity index is 3.45. The van der Waals surface area contributed by atoms with Gasteiger partial charge in [0.1, 0.15) is 0 Å². The van der Waals surface area contributed by atoms with Gasteiger partial charge in [0, 0.05) is 0 Å². The first-order valence-corrected chi connectivity index (χ1v) is 14.5. The van der Waals surface area contributed by atoms with Crippen molar-refractivity contribution in [1.82, 2.24) is 0 Å². The van der Waals surface area contributed by atoms with E-state index in [0.29, 0.717) is 0 Å². The molecular formula is C30H60. The van der Waals surface area contributed by atoms with Crippen molar-refractivity contribution < 1.29 is 0 Å². The molecule has 180 valence electrons. The van der Waals surface area contributed by atoms with Crippen LogP contribution in [-0.2, 0) is 0 Å². The topological polar surface area (TPSA) is 0 Å². The van der Waals surface area contributed by atoms with Gasteiger partial charge in [0.2, 0.25) is 0 Å². The van der Waals surface area contributed by atoms with E-state index in [1.807, 2.05) is 0 Å². The zero-order valence-corrected chi connectivity index (χ0v) is 21.7. The Morgan fingerprint density at radius 2 is 0.733 bits per heavy atom. The van der Waals surface area contributed by atoms with Crippen molar-refractivity contribution in [2.75, 3.05) is 0 Å². The first-order chi connectivity index (χ1) is 14.8. The molecule has 0 fully saturated rings. The minimum Gasteiger partial charge on any atom is -0.0885 e. The van der Waals surface area contributed by atoms with Crippen molar-refractivity contribution in [2.45, 2.75) is 175 Å². The average molecular weight is 421 g/mol. The predicted octanol–water partition coefficient (Wildman–Crippen LogP) is 11.6. The lowest BCUT2D eigenvalue weighted by Crippen LogP contribution is -2.00. The molecule has 0 bridgehead atoms. The zero-order valence-electron chi connectivity index (χ0n) is 21.7. The molecule has 0 nitrogen and oxygen atoms in total. The largest absolute Gasteiger partial charge is 0.0885 e. The maximum Gasteiger partial charge on any atom is -0.0351 e. The highest BCUT2D eigenvalue weighted by Crippen LogP contribution is 2.23. The van der Waals surface area contributed by atoms with Crippen molar-refractivity contribution >= 4 is 0 Å². The first kappa shape index (κ1) is 29.7. The van der Waals surface area contributed by atoms with Crippen LogP contribution in [0.25, 0.3) is 0 Å². The molecule has 0 N–H and O–H groups in total. The summed E-state index contributed by atoms with van der Waals surface area (Å²) in [6, 6.07) is 0. The summed E-state index contributed by atoms with van der Waals surface area (Å²) in [5, 5.41) is 0. The molecule has 0 heteroatoms. The molecule has 0 rings (SSSR count). The normalized spacial score (nSPS) is 12.8. The summed E-state index contributed by atoms with van der Waals surface area (Å²) < 4.78 is 0. The fraction of sp³-hybridized carbons (Fsp3) is 0.933. The number of unbranched alkanes of at least 4 members (excludes halogenated alkanes) is 17. The van der Waals surface area contributed by atoms with Crippen LogP contribution in [0.15, 0.2) is 12.2 Å². The lowest BCUT2D eigenvalue weighted by atomic mass is 9.90. The van der Waals surface area contributed by atoms with Crippen LogP contribution in [0.4, 0.5) is 0 Å². The summed E-state index contributed by atoms with van der Waals surface area (Å²) in [6.07, 6.45) is 39.4. The van der Waals surface area contributed by atoms with Crippen LogP contribution >= 0.6 is 0 Å². The third-order valence-corrected chi connectivity index (χ3v) is 6.79. The summed E-state index contributed by atoms with van der Waals surface area (Å²) in [5.41, 5.74) is 0. The molecule has 0 aromatic heterocycles. The summed E-state index contributed by atoms with van der Waals surface area (Å²) in [5.74, 6) is 1.02. The fourth-order valence-corrected chi connectivity index (χ4v) is 4.74. The Hall–Kier alpha value is -0.260. The third kappa shape index (κ3) is 24.0. The summed E-state index contributed by atoms with van der Waals surface area (Å²) >= 11 is 0. The summed E-state index contributed by atoms with van der Waals surface area (Å²) in [4.78, 5) is 0. The molecule has 0 saturated carbocycles. The average Bonchev–Trinajstić information content (AvgIpc) is 2.75. The van der Waals surface area contributed by atoms with Crippen molar-refractivity contribution in [3.8, 4) is 0 Å². The minimum absolute atomic E-state index is 1.02. The minimum atomic E-state index is 1.02.